The van der Waals surface area contributed by atoms with Gasteiger partial charge in [0.2, 0.25) is 0 Å². The molecule has 0 aliphatic heterocycles. The maximum atomic E-state index is 13.6. The second-order valence-corrected chi connectivity index (χ2v) is 11.4. The summed E-state index contributed by atoms with van der Waals surface area (Å²) in [5.41, 5.74) is 5.28. The number of aromatic nitrogens is 2. The summed E-state index contributed by atoms with van der Waals surface area (Å²) in [4.78, 5) is 26.8. The highest BCUT2D eigenvalue weighted by atomic mass is 35.5. The zero-order chi connectivity index (χ0) is 29.1. The number of nitrogens with zero attached hydrogens (tertiary/aromatic N) is 4. The fourth-order valence-corrected chi connectivity index (χ4v) is 5.66. The Bertz CT molecular complexity index is 1570. The van der Waals surface area contributed by atoms with Crippen molar-refractivity contribution in [3.05, 3.63) is 154 Å². The molecule has 0 aliphatic rings. The first-order valence-electron chi connectivity index (χ1n) is 13.9. The van der Waals surface area contributed by atoms with Gasteiger partial charge in [0.15, 0.2) is 5.16 Å². The average Bonchev–Trinajstić information content (AvgIpc) is 3.03. The van der Waals surface area contributed by atoms with Gasteiger partial charge >= 0.3 is 0 Å². The summed E-state index contributed by atoms with van der Waals surface area (Å²) in [5.74, 6) is 1.47. The van der Waals surface area contributed by atoms with E-state index in [2.05, 4.69) is 46.3 Å². The average molecular weight is 593 g/mol. The maximum Gasteiger partial charge on any atom is 0.254 e. The normalized spacial score (nSPS) is 10.8. The lowest BCUT2D eigenvalue weighted by Crippen LogP contribution is -2.32. The molecular weight excluding hydrogens is 560 g/mol. The molecule has 1 aromatic heterocycles. The molecule has 0 atom stereocenters. The van der Waals surface area contributed by atoms with Crippen molar-refractivity contribution in [1.29, 1.82) is 0 Å². The largest absolute Gasteiger partial charge is 0.355 e. The Morgan fingerprint density at radius 2 is 1.29 bits per heavy atom. The predicted octanol–water partition coefficient (Wildman–Crippen LogP) is 7.94. The summed E-state index contributed by atoms with van der Waals surface area (Å²) in [6.45, 7) is 1.93. The van der Waals surface area contributed by atoms with Crippen molar-refractivity contribution in [3.8, 4) is 0 Å². The van der Waals surface area contributed by atoms with Crippen LogP contribution in [-0.2, 0) is 25.3 Å². The van der Waals surface area contributed by atoms with Crippen molar-refractivity contribution < 1.29 is 4.79 Å². The monoisotopic (exact) mass is 592 g/mol. The summed E-state index contributed by atoms with van der Waals surface area (Å²) in [7, 11) is 2.00. The van der Waals surface area contributed by atoms with Crippen LogP contribution in [0.15, 0.2) is 126 Å². The Labute approximate surface area is 257 Å². The van der Waals surface area contributed by atoms with Crippen molar-refractivity contribution in [3.63, 3.8) is 0 Å². The van der Waals surface area contributed by atoms with Gasteiger partial charge in [-0.05, 0) is 40.8 Å². The summed E-state index contributed by atoms with van der Waals surface area (Å²) < 4.78 is 0. The van der Waals surface area contributed by atoms with E-state index in [0.29, 0.717) is 34.7 Å². The number of carbonyl (C=O) groups is 1. The van der Waals surface area contributed by atoms with Crippen molar-refractivity contribution in [2.75, 3.05) is 18.5 Å². The highest BCUT2D eigenvalue weighted by Gasteiger charge is 2.17. The SMILES string of the molecule is CN(Cc1ccccc1)c1cc(Cl)nc(SCc2ccc(C(=O)N(CCc3ccccc3)Cc3ccccc3)cc2)n1. The zero-order valence-corrected chi connectivity index (χ0v) is 25.1. The van der Waals surface area contributed by atoms with Crippen LogP contribution in [0.4, 0.5) is 5.82 Å². The van der Waals surface area contributed by atoms with E-state index in [1.807, 2.05) is 90.8 Å². The van der Waals surface area contributed by atoms with Gasteiger partial charge in [-0.15, -0.1) is 0 Å². The van der Waals surface area contributed by atoms with Gasteiger partial charge in [-0.1, -0.05) is 126 Å². The van der Waals surface area contributed by atoms with E-state index >= 15 is 0 Å². The maximum absolute atomic E-state index is 13.6. The molecule has 7 heteroatoms. The minimum atomic E-state index is 0.0262. The van der Waals surface area contributed by atoms with Crippen LogP contribution in [0, 0.1) is 0 Å². The van der Waals surface area contributed by atoms with Gasteiger partial charge in [0.25, 0.3) is 5.91 Å². The molecule has 0 bridgehead atoms. The molecule has 0 N–H and O–H groups in total. The Kier molecular flexibility index (Phi) is 10.3. The van der Waals surface area contributed by atoms with E-state index in [4.69, 9.17) is 16.6 Å². The second-order valence-electron chi connectivity index (χ2n) is 10.1. The minimum Gasteiger partial charge on any atom is -0.355 e. The molecule has 1 heterocycles. The van der Waals surface area contributed by atoms with E-state index in [0.717, 1.165) is 29.9 Å². The van der Waals surface area contributed by atoms with Gasteiger partial charge < -0.3 is 9.80 Å². The predicted molar refractivity (Wildman–Crippen MR) is 173 cm³/mol. The van der Waals surface area contributed by atoms with E-state index in [1.165, 1.54) is 22.9 Å². The number of anilines is 1. The van der Waals surface area contributed by atoms with Crippen LogP contribution < -0.4 is 4.90 Å². The van der Waals surface area contributed by atoms with E-state index < -0.39 is 0 Å². The van der Waals surface area contributed by atoms with Crippen LogP contribution in [0.1, 0.15) is 32.6 Å². The Hall–Kier alpha value is -4.13. The molecule has 4 aromatic carbocycles. The molecule has 0 saturated heterocycles. The summed E-state index contributed by atoms with van der Waals surface area (Å²) in [6, 6.07) is 40.3. The Morgan fingerprint density at radius 3 is 1.90 bits per heavy atom. The molecule has 0 unspecified atom stereocenters. The number of thioether (sulfide) groups is 1. The lowest BCUT2D eigenvalue weighted by Gasteiger charge is -2.23. The van der Waals surface area contributed by atoms with Gasteiger partial charge in [0.1, 0.15) is 11.0 Å². The van der Waals surface area contributed by atoms with Gasteiger partial charge in [0, 0.05) is 44.1 Å². The smallest absolute Gasteiger partial charge is 0.254 e. The molecule has 42 heavy (non-hydrogen) atoms. The van der Waals surface area contributed by atoms with E-state index in [9.17, 15) is 4.79 Å². The first-order chi connectivity index (χ1) is 20.5. The fourth-order valence-electron chi connectivity index (χ4n) is 4.62. The van der Waals surface area contributed by atoms with Crippen molar-refractivity contribution in [2.24, 2.45) is 0 Å². The van der Waals surface area contributed by atoms with Gasteiger partial charge in [-0.2, -0.15) is 0 Å². The number of benzene rings is 4. The zero-order valence-electron chi connectivity index (χ0n) is 23.6. The molecule has 5 nitrogen and oxygen atoms in total. The number of rotatable bonds is 12. The third kappa shape index (κ3) is 8.44. The van der Waals surface area contributed by atoms with Crippen LogP contribution in [0.25, 0.3) is 0 Å². The number of carbonyl (C=O) groups excluding carboxylic acids is 1. The first-order valence-corrected chi connectivity index (χ1v) is 15.3. The molecule has 0 aliphatic carbocycles. The molecule has 0 saturated carbocycles. The summed E-state index contributed by atoms with van der Waals surface area (Å²) in [6.07, 6.45) is 0.802. The summed E-state index contributed by atoms with van der Waals surface area (Å²) in [5, 5.41) is 1.03. The second kappa shape index (κ2) is 14.7. The number of hydrogen-bond acceptors (Lipinski definition) is 5. The lowest BCUT2D eigenvalue weighted by atomic mass is 10.1. The Balaban J connectivity index is 1.23. The van der Waals surface area contributed by atoms with Gasteiger partial charge in [-0.25, -0.2) is 9.97 Å². The van der Waals surface area contributed by atoms with Crippen molar-refractivity contribution in [1.82, 2.24) is 14.9 Å². The minimum absolute atomic E-state index is 0.0262. The van der Waals surface area contributed by atoms with Gasteiger partial charge in [-0.3, -0.25) is 4.79 Å². The fraction of sp³-hybridized carbons (Fsp3) is 0.171. The van der Waals surface area contributed by atoms with Crippen LogP contribution in [0.5, 0.6) is 0 Å². The highest BCUT2D eigenvalue weighted by molar-refractivity contribution is 7.98. The van der Waals surface area contributed by atoms with Crippen LogP contribution in [0.2, 0.25) is 5.15 Å². The molecular formula is C35H33ClN4OS. The third-order valence-corrected chi connectivity index (χ3v) is 8.01. The molecule has 5 aromatic rings. The standard InChI is InChI=1S/C35H33ClN4OS/c1-39(24-28-13-7-3-8-14-28)33-23-32(36)37-35(38-33)42-26-30-17-19-31(20-18-30)34(41)40(25-29-15-9-4-10-16-29)22-21-27-11-5-2-6-12-27/h2-20,23H,21-22,24-26H2,1H3. The quantitative estimate of drug-likeness (QED) is 0.0836. The number of hydrogen-bond donors (Lipinski definition) is 0. The van der Waals surface area contributed by atoms with Crippen molar-refractivity contribution >= 4 is 35.1 Å². The number of halogens is 1. The molecule has 5 rings (SSSR count). The lowest BCUT2D eigenvalue weighted by molar-refractivity contribution is 0.0745. The van der Waals surface area contributed by atoms with Crippen LogP contribution >= 0.6 is 23.4 Å². The molecule has 212 valence electrons. The molecule has 0 spiro atoms. The van der Waals surface area contributed by atoms with E-state index in [1.54, 1.807) is 6.07 Å². The molecule has 0 radical (unpaired) electrons. The molecule has 0 fully saturated rings. The third-order valence-electron chi connectivity index (χ3n) is 6.90. The van der Waals surface area contributed by atoms with Crippen LogP contribution in [0.3, 0.4) is 0 Å². The first kappa shape index (κ1) is 29.4. The Morgan fingerprint density at radius 1 is 0.714 bits per heavy atom. The van der Waals surface area contributed by atoms with Crippen LogP contribution in [-0.4, -0.2) is 34.4 Å². The topological polar surface area (TPSA) is 49.3 Å². The number of amides is 1. The molecule has 1 amide bonds. The highest BCUT2D eigenvalue weighted by Crippen LogP contribution is 2.25. The summed E-state index contributed by atoms with van der Waals surface area (Å²) >= 11 is 7.88. The van der Waals surface area contributed by atoms with Gasteiger partial charge in [0.05, 0.1) is 0 Å². The van der Waals surface area contributed by atoms with Crippen molar-refractivity contribution in [2.45, 2.75) is 30.4 Å². The van der Waals surface area contributed by atoms with E-state index in [-0.39, 0.29) is 5.91 Å².